The van der Waals surface area contributed by atoms with Gasteiger partial charge in [0.25, 0.3) is 5.69 Å². The Hall–Kier alpha value is -2.46. The third-order valence-corrected chi connectivity index (χ3v) is 4.72. The number of rotatable bonds is 4. The number of benzene rings is 1. The third-order valence-electron chi connectivity index (χ3n) is 3.61. The average Bonchev–Trinajstić information content (AvgIpc) is 2.52. The second-order valence-electron chi connectivity index (χ2n) is 6.54. The van der Waals surface area contributed by atoms with Gasteiger partial charge in [0, 0.05) is 25.2 Å². The summed E-state index contributed by atoms with van der Waals surface area (Å²) in [6, 6.07) is 3.12. The van der Waals surface area contributed by atoms with Crippen molar-refractivity contribution < 1.29 is 27.7 Å². The second-order valence-corrected chi connectivity index (χ2v) is 8.55. The molecule has 2 rings (SSSR count). The number of hydrogen-bond donors (Lipinski definition) is 1. The topological polar surface area (TPSA) is 155 Å². The van der Waals surface area contributed by atoms with Gasteiger partial charge in [-0.2, -0.15) is 0 Å². The molecule has 0 heterocycles. The number of ketones is 3. The molecule has 1 aliphatic rings. The molecular weight excluding hydrogens is 376 g/mol. The summed E-state index contributed by atoms with van der Waals surface area (Å²) in [6.45, 7) is 3.89. The highest BCUT2D eigenvalue weighted by molar-refractivity contribution is 7.90. The molecule has 27 heavy (non-hydrogen) atoms. The van der Waals surface area contributed by atoms with Crippen molar-refractivity contribution in [3.8, 4) is 0 Å². The SMILES string of the molecule is CC(C)N.CS(=O)(=O)c1ccc(C(=O)C2C(=O)CCCC2=O)c([N+](=O)[O-])c1. The maximum Gasteiger partial charge on any atom is 0.281 e. The Morgan fingerprint density at radius 2 is 1.70 bits per heavy atom. The van der Waals surface area contributed by atoms with Crippen LogP contribution in [0.5, 0.6) is 0 Å². The highest BCUT2D eigenvalue weighted by atomic mass is 32.2. The maximum absolute atomic E-state index is 12.4. The first kappa shape index (κ1) is 22.6. The van der Waals surface area contributed by atoms with E-state index in [1.807, 2.05) is 13.8 Å². The molecule has 1 aliphatic carbocycles. The van der Waals surface area contributed by atoms with Crippen molar-refractivity contribution in [1.29, 1.82) is 0 Å². The van der Waals surface area contributed by atoms with Gasteiger partial charge >= 0.3 is 0 Å². The molecule has 1 aromatic carbocycles. The van der Waals surface area contributed by atoms with Gasteiger partial charge in [0.2, 0.25) is 0 Å². The largest absolute Gasteiger partial charge is 0.328 e. The minimum Gasteiger partial charge on any atom is -0.328 e. The molecule has 0 bridgehead atoms. The monoisotopic (exact) mass is 398 g/mol. The molecule has 1 saturated carbocycles. The normalized spacial score (nSPS) is 15.3. The van der Waals surface area contributed by atoms with Crippen LogP contribution < -0.4 is 5.73 Å². The Bertz CT molecular complexity index is 857. The van der Waals surface area contributed by atoms with Crippen molar-refractivity contribution in [3.05, 3.63) is 33.9 Å². The lowest BCUT2D eigenvalue weighted by molar-refractivity contribution is -0.385. The first-order valence-corrected chi connectivity index (χ1v) is 10.1. The van der Waals surface area contributed by atoms with Gasteiger partial charge in [-0.3, -0.25) is 24.5 Å². The van der Waals surface area contributed by atoms with Crippen LogP contribution in [0.1, 0.15) is 43.5 Å². The lowest BCUT2D eigenvalue weighted by Gasteiger charge is -2.18. The molecule has 9 nitrogen and oxygen atoms in total. The second kappa shape index (κ2) is 8.96. The van der Waals surface area contributed by atoms with E-state index in [-0.39, 0.29) is 17.7 Å². The first-order valence-electron chi connectivity index (χ1n) is 8.20. The zero-order valence-corrected chi connectivity index (χ0v) is 16.1. The quantitative estimate of drug-likeness (QED) is 0.346. The van der Waals surface area contributed by atoms with Gasteiger partial charge in [0.15, 0.2) is 27.2 Å². The van der Waals surface area contributed by atoms with Crippen LogP contribution in [0.3, 0.4) is 0 Å². The van der Waals surface area contributed by atoms with Crippen molar-refractivity contribution in [2.75, 3.05) is 6.26 Å². The van der Waals surface area contributed by atoms with Crippen molar-refractivity contribution in [2.24, 2.45) is 11.7 Å². The molecule has 0 aromatic heterocycles. The fraction of sp³-hybridized carbons (Fsp3) is 0.471. The van der Waals surface area contributed by atoms with E-state index < -0.39 is 49.3 Å². The summed E-state index contributed by atoms with van der Waals surface area (Å²) >= 11 is 0. The van der Waals surface area contributed by atoms with Crippen LogP contribution in [-0.2, 0) is 19.4 Å². The van der Waals surface area contributed by atoms with Crippen LogP contribution in [0, 0.1) is 16.0 Å². The summed E-state index contributed by atoms with van der Waals surface area (Å²) in [7, 11) is -3.70. The molecule has 1 fully saturated rings. The molecule has 2 N–H and O–H groups in total. The number of nitrogens with zero attached hydrogens (tertiary/aromatic N) is 1. The minimum atomic E-state index is -3.70. The van der Waals surface area contributed by atoms with Crippen LogP contribution >= 0.6 is 0 Å². The van der Waals surface area contributed by atoms with Crippen LogP contribution in [0.15, 0.2) is 23.1 Å². The molecule has 0 amide bonds. The summed E-state index contributed by atoms with van der Waals surface area (Å²) in [6.07, 6.45) is 1.37. The molecule has 0 aliphatic heterocycles. The van der Waals surface area contributed by atoms with E-state index in [4.69, 9.17) is 5.73 Å². The predicted octanol–water partition coefficient (Wildman–Crippen LogP) is 1.47. The van der Waals surface area contributed by atoms with E-state index >= 15 is 0 Å². The van der Waals surface area contributed by atoms with Gasteiger partial charge in [-0.1, -0.05) is 13.8 Å². The molecular formula is C17H22N2O7S. The average molecular weight is 398 g/mol. The molecule has 0 atom stereocenters. The van der Waals surface area contributed by atoms with Gasteiger partial charge in [-0.05, 0) is 24.6 Å². The summed E-state index contributed by atoms with van der Waals surface area (Å²) in [5.74, 6) is -3.61. The van der Waals surface area contributed by atoms with E-state index in [0.717, 1.165) is 24.5 Å². The van der Waals surface area contributed by atoms with Crippen molar-refractivity contribution >= 4 is 32.9 Å². The number of carbonyl (C=O) groups excluding carboxylic acids is 3. The smallest absolute Gasteiger partial charge is 0.281 e. The molecule has 148 valence electrons. The summed E-state index contributed by atoms with van der Waals surface area (Å²) in [5.41, 5.74) is 3.94. The van der Waals surface area contributed by atoms with Crippen molar-refractivity contribution in [1.82, 2.24) is 0 Å². The Morgan fingerprint density at radius 1 is 1.22 bits per heavy atom. The minimum absolute atomic E-state index is 0.0668. The van der Waals surface area contributed by atoms with Gasteiger partial charge in [0.05, 0.1) is 15.4 Å². The van der Waals surface area contributed by atoms with E-state index in [1.165, 1.54) is 0 Å². The van der Waals surface area contributed by atoms with E-state index in [0.29, 0.717) is 12.5 Å². The fourth-order valence-corrected chi connectivity index (χ4v) is 3.10. The standard InChI is InChI=1S/C14H13NO7S.C3H9N/c1-23(21,22)8-5-6-9(10(7-8)15(19)20)14(18)13-11(16)3-2-4-12(13)17;1-3(2)4/h5-7,13H,2-4H2,1H3;3H,4H2,1-2H3. The number of Topliss-reactive ketones (excluding diaryl/α,β-unsaturated/α-hetero) is 3. The fourth-order valence-electron chi connectivity index (χ4n) is 2.45. The predicted molar refractivity (Wildman–Crippen MR) is 97.2 cm³/mol. The zero-order valence-electron chi connectivity index (χ0n) is 15.3. The Kier molecular flexibility index (Phi) is 7.49. The molecule has 0 unspecified atom stereocenters. The number of nitrogens with two attached hydrogens (primary N) is 1. The lowest BCUT2D eigenvalue weighted by Crippen LogP contribution is -2.35. The Balaban J connectivity index is 0.000000828. The third kappa shape index (κ3) is 6.04. The Morgan fingerprint density at radius 3 is 2.11 bits per heavy atom. The molecule has 1 aromatic rings. The molecule has 10 heteroatoms. The van der Waals surface area contributed by atoms with Crippen molar-refractivity contribution in [2.45, 2.75) is 44.0 Å². The number of nitro benzene ring substituents is 1. The number of hydrogen-bond acceptors (Lipinski definition) is 8. The van der Waals surface area contributed by atoms with Gasteiger partial charge in [-0.25, -0.2) is 8.42 Å². The molecule has 0 spiro atoms. The molecule has 0 radical (unpaired) electrons. The van der Waals surface area contributed by atoms with Crippen LogP contribution in [0.25, 0.3) is 0 Å². The summed E-state index contributed by atoms with van der Waals surface area (Å²) in [5, 5.41) is 11.1. The van der Waals surface area contributed by atoms with Crippen LogP contribution in [0.2, 0.25) is 0 Å². The van der Waals surface area contributed by atoms with Crippen LogP contribution in [0.4, 0.5) is 5.69 Å². The first-order chi connectivity index (χ1) is 12.4. The van der Waals surface area contributed by atoms with E-state index in [1.54, 1.807) is 0 Å². The van der Waals surface area contributed by atoms with Gasteiger partial charge in [-0.15, -0.1) is 0 Å². The van der Waals surface area contributed by atoms with Crippen LogP contribution in [-0.4, -0.2) is 43.0 Å². The highest BCUT2D eigenvalue weighted by Crippen LogP contribution is 2.28. The lowest BCUT2D eigenvalue weighted by atomic mass is 9.81. The van der Waals surface area contributed by atoms with Gasteiger partial charge in [0.1, 0.15) is 5.92 Å². The van der Waals surface area contributed by atoms with Gasteiger partial charge < -0.3 is 5.73 Å². The van der Waals surface area contributed by atoms with Crippen molar-refractivity contribution in [3.63, 3.8) is 0 Å². The highest BCUT2D eigenvalue weighted by Gasteiger charge is 2.39. The summed E-state index contributed by atoms with van der Waals surface area (Å²) < 4.78 is 23.0. The van der Waals surface area contributed by atoms with E-state index in [2.05, 4.69) is 0 Å². The zero-order chi connectivity index (χ0) is 20.9. The number of nitro groups is 1. The number of carbonyl (C=O) groups is 3. The Labute approximate surface area is 157 Å². The molecule has 0 saturated heterocycles. The number of sulfone groups is 1. The maximum atomic E-state index is 12.4. The van der Waals surface area contributed by atoms with E-state index in [9.17, 15) is 32.9 Å². The summed E-state index contributed by atoms with van der Waals surface area (Å²) in [4.78, 5) is 46.0.